The molecule has 0 aromatic rings. The van der Waals surface area contributed by atoms with Crippen LogP contribution in [0.3, 0.4) is 0 Å². The maximum atomic E-state index is 10.3. The fourth-order valence-corrected chi connectivity index (χ4v) is 1.70. The van der Waals surface area contributed by atoms with E-state index in [1.807, 2.05) is 4.90 Å². The molecule has 0 radical (unpaired) electrons. The van der Waals surface area contributed by atoms with Gasteiger partial charge in [-0.25, -0.2) is 0 Å². The molecule has 6 heteroatoms. The van der Waals surface area contributed by atoms with Crippen LogP contribution in [0, 0.1) is 0 Å². The predicted octanol–water partition coefficient (Wildman–Crippen LogP) is -1.40. The Morgan fingerprint density at radius 3 is 2.33 bits per heavy atom. The summed E-state index contributed by atoms with van der Waals surface area (Å²) in [5, 5.41) is 0. The first kappa shape index (κ1) is 9.63. The van der Waals surface area contributed by atoms with Gasteiger partial charge in [0.25, 0.3) is 0 Å². The molecule has 12 heavy (non-hydrogen) atoms. The molecule has 0 spiro atoms. The van der Waals surface area contributed by atoms with E-state index in [0.29, 0.717) is 26.2 Å². The highest BCUT2D eigenvalue weighted by atomic mass is 32.2. The number of hydrogen-bond acceptors (Lipinski definition) is 4. The van der Waals surface area contributed by atoms with Gasteiger partial charge in [-0.1, -0.05) is 0 Å². The van der Waals surface area contributed by atoms with Crippen molar-refractivity contribution in [2.75, 3.05) is 32.1 Å². The summed E-state index contributed by atoms with van der Waals surface area (Å²) in [4.78, 5) is 13.7. The van der Waals surface area contributed by atoms with Crippen LogP contribution in [0.25, 0.3) is 0 Å². The second-order valence-electron chi connectivity index (χ2n) is 2.69. The van der Waals surface area contributed by atoms with Crippen LogP contribution >= 0.6 is 0 Å². The number of amides is 1. The molecule has 0 aliphatic carbocycles. The molecule has 0 aromatic heterocycles. The normalized spacial score (nSPS) is 22.2. The summed E-state index contributed by atoms with van der Waals surface area (Å²) in [6.45, 7) is 2.54. The minimum atomic E-state index is -2.01. The Bertz CT molecular complexity index is 180. The van der Waals surface area contributed by atoms with Crippen LogP contribution in [0.1, 0.15) is 0 Å². The van der Waals surface area contributed by atoms with Gasteiger partial charge < -0.3 is 9.45 Å². The molecule has 1 heterocycles. The Balaban J connectivity index is 2.26. The molecule has 1 atom stereocenters. The van der Waals surface area contributed by atoms with Gasteiger partial charge in [-0.2, -0.15) is 0 Å². The number of carbonyl (C=O) groups excluding carboxylic acids is 1. The van der Waals surface area contributed by atoms with E-state index in [0.717, 1.165) is 6.41 Å². The number of rotatable bonds is 3. The monoisotopic (exact) mass is 191 g/mol. The smallest absolute Gasteiger partial charge is 0.209 e. The third-order valence-corrected chi connectivity index (χ3v) is 2.42. The van der Waals surface area contributed by atoms with Crippen LogP contribution in [0.4, 0.5) is 0 Å². The SMILES string of the molecule is O=CN1CCN(CS(=O)[O-])CC1. The number of hydrogen-bond donors (Lipinski definition) is 0. The maximum absolute atomic E-state index is 10.3. The number of piperazine rings is 1. The van der Waals surface area contributed by atoms with Gasteiger partial charge in [-0.3, -0.25) is 13.9 Å². The Kier molecular flexibility index (Phi) is 3.64. The van der Waals surface area contributed by atoms with Crippen LogP contribution in [-0.4, -0.2) is 57.0 Å². The molecular weight excluding hydrogens is 180 g/mol. The lowest BCUT2D eigenvalue weighted by atomic mass is 10.4. The molecule has 1 saturated heterocycles. The summed E-state index contributed by atoms with van der Waals surface area (Å²) in [5.41, 5.74) is 0. The second-order valence-corrected chi connectivity index (χ2v) is 3.56. The summed E-state index contributed by atoms with van der Waals surface area (Å²) < 4.78 is 20.6. The lowest BCUT2D eigenvalue weighted by molar-refractivity contribution is -0.119. The zero-order valence-corrected chi connectivity index (χ0v) is 7.46. The van der Waals surface area contributed by atoms with Crippen LogP contribution in [0.15, 0.2) is 0 Å². The van der Waals surface area contributed by atoms with Gasteiger partial charge in [-0.15, -0.1) is 0 Å². The average molecular weight is 191 g/mol. The number of carbonyl (C=O) groups is 1. The van der Waals surface area contributed by atoms with E-state index in [9.17, 15) is 13.6 Å². The van der Waals surface area contributed by atoms with Gasteiger partial charge in [0.2, 0.25) is 6.41 Å². The molecule has 1 aliphatic rings. The quantitative estimate of drug-likeness (QED) is 0.406. The van der Waals surface area contributed by atoms with Gasteiger partial charge in [0, 0.05) is 26.2 Å². The largest absolute Gasteiger partial charge is 0.771 e. The lowest BCUT2D eigenvalue weighted by Gasteiger charge is -2.32. The van der Waals surface area contributed by atoms with E-state index in [1.165, 1.54) is 0 Å². The lowest BCUT2D eigenvalue weighted by Crippen LogP contribution is -2.46. The van der Waals surface area contributed by atoms with Crippen molar-refractivity contribution >= 4 is 17.5 Å². The van der Waals surface area contributed by atoms with Gasteiger partial charge in [0.15, 0.2) is 0 Å². The van der Waals surface area contributed by atoms with E-state index in [4.69, 9.17) is 0 Å². The highest BCUT2D eigenvalue weighted by molar-refractivity contribution is 7.79. The van der Waals surface area contributed by atoms with Crippen molar-refractivity contribution in [3.63, 3.8) is 0 Å². The first-order valence-electron chi connectivity index (χ1n) is 3.70. The molecule has 1 amide bonds. The van der Waals surface area contributed by atoms with Crippen molar-refractivity contribution in [2.24, 2.45) is 0 Å². The third kappa shape index (κ3) is 2.88. The molecule has 5 nitrogen and oxygen atoms in total. The summed E-state index contributed by atoms with van der Waals surface area (Å²) in [6.07, 6.45) is 0.797. The van der Waals surface area contributed by atoms with Gasteiger partial charge >= 0.3 is 0 Å². The van der Waals surface area contributed by atoms with Crippen molar-refractivity contribution in [1.82, 2.24) is 9.80 Å². The molecule has 0 aromatic carbocycles. The van der Waals surface area contributed by atoms with Crippen molar-refractivity contribution in [1.29, 1.82) is 0 Å². The fourth-order valence-electron chi connectivity index (χ4n) is 1.15. The predicted molar refractivity (Wildman–Crippen MR) is 43.0 cm³/mol. The van der Waals surface area contributed by atoms with E-state index in [2.05, 4.69) is 0 Å². The highest BCUT2D eigenvalue weighted by Gasteiger charge is 2.14. The first-order chi connectivity index (χ1) is 5.72. The van der Waals surface area contributed by atoms with Gasteiger partial charge in [-0.05, 0) is 11.1 Å². The molecule has 1 fully saturated rings. The Hall–Kier alpha value is -0.460. The van der Waals surface area contributed by atoms with Gasteiger partial charge in [0.05, 0.1) is 5.88 Å². The highest BCUT2D eigenvalue weighted by Crippen LogP contribution is 1.99. The molecule has 0 bridgehead atoms. The molecule has 70 valence electrons. The first-order valence-corrected chi connectivity index (χ1v) is 4.94. The topological polar surface area (TPSA) is 63.7 Å². The summed E-state index contributed by atoms with van der Waals surface area (Å²) >= 11 is -2.01. The van der Waals surface area contributed by atoms with Crippen LogP contribution in [0.2, 0.25) is 0 Å². The Labute approximate surface area is 73.6 Å². The van der Waals surface area contributed by atoms with Crippen LogP contribution in [0.5, 0.6) is 0 Å². The zero-order chi connectivity index (χ0) is 8.97. The minimum absolute atomic E-state index is 0.0761. The van der Waals surface area contributed by atoms with Crippen molar-refractivity contribution in [3.8, 4) is 0 Å². The second kappa shape index (κ2) is 4.54. The van der Waals surface area contributed by atoms with E-state index >= 15 is 0 Å². The van der Waals surface area contributed by atoms with E-state index < -0.39 is 11.1 Å². The minimum Gasteiger partial charge on any atom is -0.771 e. The fraction of sp³-hybridized carbons (Fsp3) is 0.833. The number of nitrogens with zero attached hydrogens (tertiary/aromatic N) is 2. The standard InChI is InChI=1S/C6H12N2O3S/c9-5-7-1-3-8(4-2-7)6-12(10)11/h5H,1-4,6H2,(H,10,11)/p-1. The summed E-state index contributed by atoms with van der Waals surface area (Å²) in [7, 11) is 0. The molecule has 1 unspecified atom stereocenters. The Morgan fingerprint density at radius 1 is 1.33 bits per heavy atom. The van der Waals surface area contributed by atoms with Crippen LogP contribution < -0.4 is 0 Å². The van der Waals surface area contributed by atoms with Crippen molar-refractivity contribution < 1.29 is 13.6 Å². The maximum Gasteiger partial charge on any atom is 0.209 e. The summed E-state index contributed by atoms with van der Waals surface area (Å²) in [5.74, 6) is 0.0761. The molecule has 0 N–H and O–H groups in total. The Morgan fingerprint density at radius 2 is 1.92 bits per heavy atom. The molecular formula is C6H11N2O3S-. The summed E-state index contributed by atoms with van der Waals surface area (Å²) in [6, 6.07) is 0. The van der Waals surface area contributed by atoms with E-state index in [-0.39, 0.29) is 5.88 Å². The molecule has 1 aliphatic heterocycles. The van der Waals surface area contributed by atoms with Crippen molar-refractivity contribution in [2.45, 2.75) is 0 Å². The van der Waals surface area contributed by atoms with Crippen molar-refractivity contribution in [3.05, 3.63) is 0 Å². The molecule has 1 rings (SSSR count). The average Bonchev–Trinajstić information content (AvgIpc) is 2.05. The molecule has 0 saturated carbocycles. The van der Waals surface area contributed by atoms with E-state index in [1.54, 1.807) is 4.90 Å². The zero-order valence-electron chi connectivity index (χ0n) is 6.64. The third-order valence-electron chi connectivity index (χ3n) is 1.84. The van der Waals surface area contributed by atoms with Gasteiger partial charge in [0.1, 0.15) is 0 Å². The van der Waals surface area contributed by atoms with Crippen LogP contribution in [-0.2, 0) is 15.9 Å².